The molecule has 1 atom stereocenters. The number of nitrogens with one attached hydrogen (secondary N) is 2. The first-order valence-electron chi connectivity index (χ1n) is 10.7. The molecule has 0 bridgehead atoms. The number of fused-ring (bicyclic) bond motifs is 2. The summed E-state index contributed by atoms with van der Waals surface area (Å²) in [5.74, 6) is -0.0247. The highest BCUT2D eigenvalue weighted by atomic mass is 16.2. The first-order valence-corrected chi connectivity index (χ1v) is 10.7. The van der Waals surface area contributed by atoms with Crippen LogP contribution in [0, 0.1) is 0 Å². The van der Waals surface area contributed by atoms with E-state index in [1.165, 1.54) is 10.9 Å². The van der Waals surface area contributed by atoms with Crippen LogP contribution in [-0.2, 0) is 6.42 Å². The van der Waals surface area contributed by atoms with Crippen molar-refractivity contribution in [2.75, 3.05) is 6.54 Å². The Bertz CT molecular complexity index is 1400. The number of carbonyl (C=O) groups is 1. The molecule has 0 unspecified atom stereocenters. The summed E-state index contributed by atoms with van der Waals surface area (Å²) in [6.45, 7) is 0.594. The van der Waals surface area contributed by atoms with Gasteiger partial charge in [-0.3, -0.25) is 14.9 Å². The zero-order chi connectivity index (χ0) is 21.5. The molecule has 5 aromatic rings. The fourth-order valence-corrected chi connectivity index (χ4v) is 4.71. The average Bonchev–Trinajstić information content (AvgIpc) is 3.53. The van der Waals surface area contributed by atoms with Gasteiger partial charge in [-0.05, 0) is 29.7 Å². The number of aromatic amines is 2. The topological polar surface area (TPSA) is 77.7 Å². The van der Waals surface area contributed by atoms with Gasteiger partial charge < -0.3 is 9.88 Å². The minimum Gasteiger partial charge on any atom is -0.361 e. The smallest absolute Gasteiger partial charge is 0.273 e. The Hall–Kier alpha value is -4.19. The Labute approximate surface area is 184 Å². The summed E-state index contributed by atoms with van der Waals surface area (Å²) in [6, 6.07) is 22.0. The number of pyridine rings is 1. The number of amides is 1. The van der Waals surface area contributed by atoms with Gasteiger partial charge in [0.25, 0.3) is 5.91 Å². The maximum absolute atomic E-state index is 13.5. The summed E-state index contributed by atoms with van der Waals surface area (Å²) < 4.78 is 0. The van der Waals surface area contributed by atoms with Crippen molar-refractivity contribution in [2.45, 2.75) is 12.5 Å². The first kappa shape index (κ1) is 18.6. The summed E-state index contributed by atoms with van der Waals surface area (Å²) in [6.07, 6.45) is 6.39. The van der Waals surface area contributed by atoms with Crippen LogP contribution >= 0.6 is 0 Å². The number of H-pyrrole nitrogens is 2. The van der Waals surface area contributed by atoms with Crippen molar-refractivity contribution in [1.29, 1.82) is 0 Å². The lowest BCUT2D eigenvalue weighted by molar-refractivity contribution is 0.0746. The lowest BCUT2D eigenvalue weighted by Gasteiger charge is -2.26. The van der Waals surface area contributed by atoms with Crippen LogP contribution in [0.2, 0.25) is 0 Å². The normalized spacial score (nSPS) is 15.4. The van der Waals surface area contributed by atoms with E-state index in [0.29, 0.717) is 12.2 Å². The van der Waals surface area contributed by atoms with Crippen LogP contribution in [0.5, 0.6) is 0 Å². The molecule has 32 heavy (non-hydrogen) atoms. The molecule has 6 rings (SSSR count). The van der Waals surface area contributed by atoms with Gasteiger partial charge in [-0.25, -0.2) is 0 Å². The zero-order valence-corrected chi connectivity index (χ0v) is 17.3. The Morgan fingerprint density at radius 3 is 2.66 bits per heavy atom. The monoisotopic (exact) mass is 419 g/mol. The minimum atomic E-state index is -0.231. The van der Waals surface area contributed by atoms with Crippen LogP contribution in [0.15, 0.2) is 85.3 Å². The summed E-state index contributed by atoms with van der Waals surface area (Å²) in [5, 5.41) is 8.74. The molecule has 0 aliphatic carbocycles. The van der Waals surface area contributed by atoms with E-state index in [2.05, 4.69) is 32.3 Å². The van der Waals surface area contributed by atoms with Crippen LogP contribution in [0.1, 0.15) is 33.2 Å². The Balaban J connectivity index is 1.40. The highest BCUT2D eigenvalue weighted by Gasteiger charge is 2.42. The molecule has 4 heterocycles. The van der Waals surface area contributed by atoms with Crippen LogP contribution in [0.3, 0.4) is 0 Å². The van der Waals surface area contributed by atoms with Crippen LogP contribution < -0.4 is 0 Å². The molecule has 2 N–H and O–H groups in total. The van der Waals surface area contributed by atoms with E-state index in [4.69, 9.17) is 0 Å². The molecule has 1 aliphatic heterocycles. The second-order valence-corrected chi connectivity index (χ2v) is 8.02. The number of aromatic nitrogens is 4. The Kier molecular flexibility index (Phi) is 4.35. The maximum atomic E-state index is 13.5. The molecule has 0 saturated heterocycles. The molecule has 0 fully saturated rings. The number of hydrogen-bond acceptors (Lipinski definition) is 3. The predicted molar refractivity (Wildman–Crippen MR) is 123 cm³/mol. The Morgan fingerprint density at radius 1 is 0.969 bits per heavy atom. The van der Waals surface area contributed by atoms with Gasteiger partial charge in [-0.2, -0.15) is 5.10 Å². The second-order valence-electron chi connectivity index (χ2n) is 8.02. The predicted octanol–water partition coefficient (Wildman–Crippen LogP) is 4.74. The van der Waals surface area contributed by atoms with Gasteiger partial charge >= 0.3 is 0 Å². The molecule has 1 aliphatic rings. The molecule has 1 amide bonds. The van der Waals surface area contributed by atoms with Crippen molar-refractivity contribution in [1.82, 2.24) is 25.1 Å². The van der Waals surface area contributed by atoms with Gasteiger partial charge in [0.1, 0.15) is 5.69 Å². The fraction of sp³-hybridized carbons (Fsp3) is 0.115. The fourth-order valence-electron chi connectivity index (χ4n) is 4.71. The molecule has 0 spiro atoms. The molecular formula is C26H21N5O. The third-order valence-electron chi connectivity index (χ3n) is 6.21. The molecule has 3 aromatic heterocycles. The standard InChI is InChI=1S/C26H21N5O/c32-26-24-22(23(29-30-24)17-7-2-1-3-8-17)25(19-9-6-13-27-15-19)31(26)14-12-18-16-28-21-11-5-4-10-20(18)21/h1-11,13,15-16,25,28H,12,14H2,(H,29,30)/t25-/m0/s1. The highest BCUT2D eigenvalue weighted by Crippen LogP contribution is 2.42. The summed E-state index contributed by atoms with van der Waals surface area (Å²) in [5.41, 5.74) is 6.60. The summed E-state index contributed by atoms with van der Waals surface area (Å²) >= 11 is 0. The van der Waals surface area contributed by atoms with Gasteiger partial charge in [0.15, 0.2) is 0 Å². The molecular weight excluding hydrogens is 398 g/mol. The maximum Gasteiger partial charge on any atom is 0.273 e. The lowest BCUT2D eigenvalue weighted by atomic mass is 9.97. The highest BCUT2D eigenvalue weighted by molar-refractivity contribution is 6.00. The number of carbonyl (C=O) groups excluding carboxylic acids is 1. The van der Waals surface area contributed by atoms with Gasteiger partial charge in [0.05, 0.1) is 11.7 Å². The van der Waals surface area contributed by atoms with Gasteiger partial charge in [0, 0.05) is 47.2 Å². The number of nitrogens with zero attached hydrogens (tertiary/aromatic N) is 3. The minimum absolute atomic E-state index is 0.0247. The Morgan fingerprint density at radius 2 is 1.81 bits per heavy atom. The van der Waals surface area contributed by atoms with Crippen molar-refractivity contribution in [3.8, 4) is 11.3 Å². The van der Waals surface area contributed by atoms with E-state index < -0.39 is 0 Å². The van der Waals surface area contributed by atoms with Crippen molar-refractivity contribution in [2.24, 2.45) is 0 Å². The van der Waals surface area contributed by atoms with E-state index in [9.17, 15) is 4.79 Å². The average molecular weight is 419 g/mol. The molecule has 156 valence electrons. The third-order valence-corrected chi connectivity index (χ3v) is 6.21. The summed E-state index contributed by atoms with van der Waals surface area (Å²) in [7, 11) is 0. The van der Waals surface area contributed by atoms with Crippen molar-refractivity contribution in [3.63, 3.8) is 0 Å². The number of benzene rings is 2. The molecule has 0 radical (unpaired) electrons. The molecule has 0 saturated carbocycles. The molecule has 2 aromatic carbocycles. The second kappa shape index (κ2) is 7.50. The molecule has 6 nitrogen and oxygen atoms in total. The number of hydrogen-bond donors (Lipinski definition) is 2. The van der Waals surface area contributed by atoms with Gasteiger partial charge in [-0.15, -0.1) is 0 Å². The van der Waals surface area contributed by atoms with Crippen LogP contribution in [-0.4, -0.2) is 37.5 Å². The van der Waals surface area contributed by atoms with Gasteiger partial charge in [-0.1, -0.05) is 54.6 Å². The van der Waals surface area contributed by atoms with Gasteiger partial charge in [0.2, 0.25) is 0 Å². The first-order chi connectivity index (χ1) is 15.8. The number of rotatable bonds is 5. The SMILES string of the molecule is O=C1c2[nH]nc(-c3ccccc3)c2[C@H](c2cccnc2)N1CCc1c[nH]c2ccccc12. The van der Waals surface area contributed by atoms with Crippen molar-refractivity contribution in [3.05, 3.63) is 108 Å². The summed E-state index contributed by atoms with van der Waals surface area (Å²) in [4.78, 5) is 23.1. The van der Waals surface area contributed by atoms with Crippen LogP contribution in [0.4, 0.5) is 0 Å². The molecule has 6 heteroatoms. The van der Waals surface area contributed by atoms with E-state index in [0.717, 1.165) is 34.3 Å². The van der Waals surface area contributed by atoms with E-state index >= 15 is 0 Å². The number of para-hydroxylation sites is 1. The zero-order valence-electron chi connectivity index (χ0n) is 17.3. The third kappa shape index (κ3) is 2.92. The lowest BCUT2D eigenvalue weighted by Crippen LogP contribution is -2.31. The van der Waals surface area contributed by atoms with Crippen molar-refractivity contribution >= 4 is 16.8 Å². The van der Waals surface area contributed by atoms with E-state index in [1.54, 1.807) is 6.20 Å². The van der Waals surface area contributed by atoms with Crippen molar-refractivity contribution < 1.29 is 4.79 Å². The largest absolute Gasteiger partial charge is 0.361 e. The van der Waals surface area contributed by atoms with Crippen LogP contribution in [0.25, 0.3) is 22.2 Å². The quantitative estimate of drug-likeness (QED) is 0.432. The van der Waals surface area contributed by atoms with E-state index in [1.807, 2.05) is 71.9 Å². The van der Waals surface area contributed by atoms with E-state index in [-0.39, 0.29) is 11.9 Å².